The molecular formula is C21H24ClN7O3S. The second-order valence-corrected chi connectivity index (χ2v) is 9.49. The Balaban J connectivity index is 1.43. The zero-order valence-electron chi connectivity index (χ0n) is 18.0. The number of thiophene rings is 1. The van der Waals surface area contributed by atoms with Gasteiger partial charge in [0.25, 0.3) is 0 Å². The van der Waals surface area contributed by atoms with Crippen molar-refractivity contribution in [3.05, 3.63) is 51.6 Å². The Bertz CT molecular complexity index is 1110. The lowest BCUT2D eigenvalue weighted by molar-refractivity contribution is -0.118. The SMILES string of the molecule is CN1CCc2ccc(NC(=O)C(CCc3nnn[nH]3)NC(=O)Oc3ccc(Cl)s3)cc2CC1. The first-order chi connectivity index (χ1) is 16.0. The highest BCUT2D eigenvalue weighted by Gasteiger charge is 2.23. The molecule has 2 amide bonds. The van der Waals surface area contributed by atoms with Crippen LogP contribution in [0.25, 0.3) is 0 Å². The van der Waals surface area contributed by atoms with Crippen molar-refractivity contribution in [3.63, 3.8) is 0 Å². The number of halogens is 1. The molecule has 3 heterocycles. The standard InChI is InChI=1S/C21H24ClN7O3S/c1-29-10-8-13-2-3-15(12-14(13)9-11-29)23-20(30)16(4-6-18-25-27-28-26-18)24-21(31)32-19-7-5-17(22)33-19/h2-3,5,7,12,16H,4,6,8-11H2,1H3,(H,23,30)(H,24,31)(H,25,26,27,28). The molecule has 1 aliphatic rings. The topological polar surface area (TPSA) is 125 Å². The van der Waals surface area contributed by atoms with Crippen LogP contribution >= 0.6 is 22.9 Å². The van der Waals surface area contributed by atoms with Crippen LogP contribution < -0.4 is 15.4 Å². The minimum Gasteiger partial charge on any atom is -0.399 e. The summed E-state index contributed by atoms with van der Waals surface area (Å²) in [6.07, 6.45) is 1.81. The van der Waals surface area contributed by atoms with Gasteiger partial charge in [-0.2, -0.15) is 0 Å². The summed E-state index contributed by atoms with van der Waals surface area (Å²) >= 11 is 7.01. The molecule has 0 saturated heterocycles. The number of H-pyrrole nitrogens is 1. The fourth-order valence-electron chi connectivity index (χ4n) is 3.59. The van der Waals surface area contributed by atoms with Crippen molar-refractivity contribution in [2.45, 2.75) is 31.7 Å². The number of aromatic amines is 1. The van der Waals surface area contributed by atoms with E-state index in [4.69, 9.17) is 16.3 Å². The van der Waals surface area contributed by atoms with Gasteiger partial charge >= 0.3 is 6.09 Å². The van der Waals surface area contributed by atoms with Crippen molar-refractivity contribution in [1.29, 1.82) is 0 Å². The normalized spacial score (nSPS) is 14.7. The second kappa shape index (κ2) is 10.7. The Labute approximate surface area is 199 Å². The quantitative estimate of drug-likeness (QED) is 0.466. The highest BCUT2D eigenvalue weighted by atomic mass is 35.5. The maximum atomic E-state index is 13.1. The third kappa shape index (κ3) is 6.50. The Hall–Kier alpha value is -3.02. The first-order valence-corrected chi connectivity index (χ1v) is 11.7. The fraction of sp³-hybridized carbons (Fsp3) is 0.381. The molecule has 0 radical (unpaired) electrons. The van der Waals surface area contributed by atoms with Crippen LogP contribution in [0.3, 0.4) is 0 Å². The second-order valence-electron chi connectivity index (χ2n) is 7.81. The van der Waals surface area contributed by atoms with E-state index >= 15 is 0 Å². The molecular weight excluding hydrogens is 466 g/mol. The minimum atomic E-state index is -0.858. The van der Waals surface area contributed by atoms with Gasteiger partial charge in [0.05, 0.1) is 4.34 Å². The van der Waals surface area contributed by atoms with Gasteiger partial charge in [-0.3, -0.25) is 4.79 Å². The predicted molar refractivity (Wildman–Crippen MR) is 125 cm³/mol. The molecule has 1 aromatic carbocycles. The van der Waals surface area contributed by atoms with Gasteiger partial charge in [-0.15, -0.1) is 5.10 Å². The van der Waals surface area contributed by atoms with E-state index in [0.717, 1.165) is 37.3 Å². The van der Waals surface area contributed by atoms with Crippen molar-refractivity contribution >= 4 is 40.6 Å². The van der Waals surface area contributed by atoms with Crippen LogP contribution in [-0.4, -0.2) is 63.7 Å². The summed E-state index contributed by atoms with van der Waals surface area (Å²) in [5.74, 6) is 0.163. The van der Waals surface area contributed by atoms with E-state index in [1.54, 1.807) is 12.1 Å². The Morgan fingerprint density at radius 3 is 2.79 bits per heavy atom. The molecule has 12 heteroatoms. The van der Waals surface area contributed by atoms with Crippen LogP contribution in [-0.2, 0) is 24.1 Å². The number of benzene rings is 1. The van der Waals surface area contributed by atoms with Gasteiger partial charge in [-0.05, 0) is 72.1 Å². The van der Waals surface area contributed by atoms with E-state index in [9.17, 15) is 9.59 Å². The molecule has 0 aliphatic carbocycles. The van der Waals surface area contributed by atoms with Crippen LogP contribution in [0, 0.1) is 0 Å². The number of fused-ring (bicyclic) bond motifs is 1. The number of carbonyl (C=O) groups excluding carboxylic acids is 2. The number of carbonyl (C=O) groups is 2. The van der Waals surface area contributed by atoms with E-state index in [2.05, 4.69) is 49.3 Å². The number of nitrogens with zero attached hydrogens (tertiary/aromatic N) is 4. The van der Waals surface area contributed by atoms with Gasteiger partial charge in [-0.1, -0.05) is 29.0 Å². The van der Waals surface area contributed by atoms with Crippen LogP contribution in [0.1, 0.15) is 23.4 Å². The molecule has 0 bridgehead atoms. The summed E-state index contributed by atoms with van der Waals surface area (Å²) < 4.78 is 5.75. The summed E-state index contributed by atoms with van der Waals surface area (Å²) in [5, 5.41) is 19.5. The summed E-state index contributed by atoms with van der Waals surface area (Å²) in [7, 11) is 2.11. The van der Waals surface area contributed by atoms with E-state index in [1.807, 2.05) is 12.1 Å². The molecule has 3 N–H and O–H groups in total. The third-order valence-electron chi connectivity index (χ3n) is 5.41. The third-order valence-corrected chi connectivity index (χ3v) is 6.52. The zero-order valence-corrected chi connectivity index (χ0v) is 19.6. The molecule has 0 saturated carbocycles. The van der Waals surface area contributed by atoms with E-state index in [1.165, 1.54) is 11.1 Å². The first kappa shape index (κ1) is 23.1. The molecule has 4 rings (SSSR count). The fourth-order valence-corrected chi connectivity index (χ4v) is 4.47. The zero-order chi connectivity index (χ0) is 23.2. The number of rotatable bonds is 7. The van der Waals surface area contributed by atoms with Gasteiger partial charge in [0, 0.05) is 25.2 Å². The molecule has 174 valence electrons. The lowest BCUT2D eigenvalue weighted by Crippen LogP contribution is -2.45. The van der Waals surface area contributed by atoms with Crippen LogP contribution in [0.4, 0.5) is 10.5 Å². The maximum Gasteiger partial charge on any atom is 0.414 e. The molecule has 0 fully saturated rings. The monoisotopic (exact) mass is 489 g/mol. The molecule has 1 aliphatic heterocycles. The lowest BCUT2D eigenvalue weighted by Gasteiger charge is -2.18. The lowest BCUT2D eigenvalue weighted by atomic mass is 10.0. The summed E-state index contributed by atoms with van der Waals surface area (Å²) in [6.45, 7) is 1.98. The van der Waals surface area contributed by atoms with Gasteiger partial charge < -0.3 is 20.3 Å². The van der Waals surface area contributed by atoms with Gasteiger partial charge in [0.15, 0.2) is 5.06 Å². The number of hydrogen-bond acceptors (Lipinski definition) is 8. The summed E-state index contributed by atoms with van der Waals surface area (Å²) in [5.41, 5.74) is 3.21. The van der Waals surface area contributed by atoms with E-state index < -0.39 is 12.1 Å². The number of nitrogens with one attached hydrogen (secondary N) is 3. The van der Waals surface area contributed by atoms with Crippen molar-refractivity contribution in [3.8, 4) is 5.06 Å². The van der Waals surface area contributed by atoms with E-state index in [-0.39, 0.29) is 12.3 Å². The van der Waals surface area contributed by atoms with Crippen LogP contribution in [0.2, 0.25) is 4.34 Å². The first-order valence-electron chi connectivity index (χ1n) is 10.5. The molecule has 1 atom stereocenters. The molecule has 1 unspecified atom stereocenters. The van der Waals surface area contributed by atoms with Gasteiger partial charge in [0.1, 0.15) is 11.9 Å². The summed E-state index contributed by atoms with van der Waals surface area (Å²) in [6, 6.07) is 8.33. The Kier molecular flexibility index (Phi) is 7.53. The maximum absolute atomic E-state index is 13.1. The number of hydrogen-bond donors (Lipinski definition) is 3. The van der Waals surface area contributed by atoms with Crippen molar-refractivity contribution in [2.24, 2.45) is 0 Å². The van der Waals surface area contributed by atoms with Crippen LogP contribution in [0.15, 0.2) is 30.3 Å². The highest BCUT2D eigenvalue weighted by Crippen LogP contribution is 2.28. The molecule has 33 heavy (non-hydrogen) atoms. The van der Waals surface area contributed by atoms with E-state index in [0.29, 0.717) is 27.3 Å². The molecule has 10 nitrogen and oxygen atoms in total. The molecule has 2 aromatic heterocycles. The summed E-state index contributed by atoms with van der Waals surface area (Å²) in [4.78, 5) is 27.8. The number of ether oxygens (including phenoxy) is 1. The average Bonchev–Trinajstić information content (AvgIpc) is 3.41. The molecule has 3 aromatic rings. The van der Waals surface area contributed by atoms with Crippen molar-refractivity contribution in [1.82, 2.24) is 30.8 Å². The number of tetrazole rings is 1. The van der Waals surface area contributed by atoms with Gasteiger partial charge in [0.2, 0.25) is 5.91 Å². The number of likely N-dealkylation sites (N-methyl/N-ethyl adjacent to an activating group) is 1. The predicted octanol–water partition coefficient (Wildman–Crippen LogP) is 2.67. The number of aryl methyl sites for hydroxylation is 1. The van der Waals surface area contributed by atoms with Crippen molar-refractivity contribution in [2.75, 3.05) is 25.5 Å². The molecule has 0 spiro atoms. The number of aromatic nitrogens is 4. The largest absolute Gasteiger partial charge is 0.414 e. The number of anilines is 1. The average molecular weight is 490 g/mol. The number of amides is 2. The Morgan fingerprint density at radius 2 is 2.06 bits per heavy atom. The minimum absolute atomic E-state index is 0.277. The Morgan fingerprint density at radius 1 is 1.24 bits per heavy atom. The van der Waals surface area contributed by atoms with Gasteiger partial charge in [-0.25, -0.2) is 9.89 Å². The van der Waals surface area contributed by atoms with Crippen LogP contribution in [0.5, 0.6) is 5.06 Å². The van der Waals surface area contributed by atoms with Crippen molar-refractivity contribution < 1.29 is 14.3 Å². The smallest absolute Gasteiger partial charge is 0.399 e. The highest BCUT2D eigenvalue weighted by molar-refractivity contribution is 7.17.